The van der Waals surface area contributed by atoms with Crippen LogP contribution in [-0.2, 0) is 0 Å². The third kappa shape index (κ3) is 1.07. The number of allylic oxidation sites excluding steroid dienone is 3. The number of aliphatic hydroxyl groups is 1. The maximum absolute atomic E-state index is 8.81. The van der Waals surface area contributed by atoms with Crippen molar-refractivity contribution in [2.45, 2.75) is 6.10 Å². The molecule has 0 aromatic heterocycles. The van der Waals surface area contributed by atoms with Crippen molar-refractivity contribution in [2.24, 2.45) is 0 Å². The molecule has 0 spiro atoms. The summed E-state index contributed by atoms with van der Waals surface area (Å²) >= 11 is 0. The highest BCUT2D eigenvalue weighted by Gasteiger charge is 1.95. The van der Waals surface area contributed by atoms with Crippen molar-refractivity contribution in [1.82, 2.24) is 0 Å². The highest BCUT2D eigenvalue weighted by atomic mass is 16.3. The molecule has 0 unspecified atom stereocenters. The first-order chi connectivity index (χ1) is 3.79. The summed E-state index contributed by atoms with van der Waals surface area (Å²) in [5, 5.41) is 8.81. The summed E-state index contributed by atoms with van der Waals surface area (Å²) in [6.45, 7) is 3.66. The van der Waals surface area contributed by atoms with Crippen LogP contribution >= 0.6 is 0 Å². The minimum absolute atomic E-state index is 0.402. The summed E-state index contributed by atoms with van der Waals surface area (Å²) in [4.78, 5) is 0. The zero-order chi connectivity index (χ0) is 5.98. The zero-order valence-corrected chi connectivity index (χ0v) is 4.54. The van der Waals surface area contributed by atoms with Gasteiger partial charge in [-0.3, -0.25) is 0 Å². The normalized spacial score (nSPS) is 19.9. The Bertz CT molecular complexity index is 138. The van der Waals surface area contributed by atoms with E-state index in [-0.39, 0.29) is 0 Å². The van der Waals surface area contributed by atoms with Crippen LogP contribution in [0.1, 0.15) is 0 Å². The van der Waals surface area contributed by atoms with Crippen molar-refractivity contribution < 1.29 is 5.11 Å². The second-order valence-electron chi connectivity index (χ2n) is 1.78. The molecule has 0 atom stereocenters. The third-order valence-electron chi connectivity index (χ3n) is 1.01. The van der Waals surface area contributed by atoms with Crippen LogP contribution < -0.4 is 0 Å². The monoisotopic (exact) mass is 108 g/mol. The van der Waals surface area contributed by atoms with E-state index in [1.54, 1.807) is 24.3 Å². The molecular weight excluding hydrogens is 100 g/mol. The lowest BCUT2D eigenvalue weighted by Gasteiger charge is -2.02. The first-order valence-electron chi connectivity index (χ1n) is 2.52. The largest absolute Gasteiger partial charge is 0.385 e. The van der Waals surface area contributed by atoms with Gasteiger partial charge in [-0.2, -0.15) is 0 Å². The van der Waals surface area contributed by atoms with Crippen LogP contribution in [0.15, 0.2) is 36.5 Å². The smallest absolute Gasteiger partial charge is 0.0909 e. The molecule has 8 heavy (non-hydrogen) atoms. The van der Waals surface area contributed by atoms with Gasteiger partial charge in [-0.15, -0.1) is 0 Å². The Morgan fingerprint density at radius 3 is 2.25 bits per heavy atom. The standard InChI is InChI=1S/C7H8O/c1-6-2-4-7(8)5-3-6/h2-5,7-8H,1H2. The minimum atomic E-state index is -0.402. The average molecular weight is 108 g/mol. The molecule has 0 fully saturated rings. The summed E-state index contributed by atoms with van der Waals surface area (Å²) in [6, 6.07) is 0. The van der Waals surface area contributed by atoms with Crippen LogP contribution in [0.5, 0.6) is 0 Å². The van der Waals surface area contributed by atoms with E-state index in [1.165, 1.54) is 0 Å². The van der Waals surface area contributed by atoms with Crippen molar-refractivity contribution >= 4 is 0 Å². The van der Waals surface area contributed by atoms with Crippen molar-refractivity contribution in [3.8, 4) is 0 Å². The summed E-state index contributed by atoms with van der Waals surface area (Å²) in [6.07, 6.45) is 6.58. The topological polar surface area (TPSA) is 20.2 Å². The van der Waals surface area contributed by atoms with Crippen LogP contribution in [0.4, 0.5) is 0 Å². The number of hydrogen-bond acceptors (Lipinski definition) is 1. The molecule has 1 aliphatic carbocycles. The van der Waals surface area contributed by atoms with Crippen LogP contribution in [0.25, 0.3) is 0 Å². The van der Waals surface area contributed by atoms with E-state index in [9.17, 15) is 0 Å². The predicted molar refractivity (Wildman–Crippen MR) is 33.4 cm³/mol. The fourth-order valence-electron chi connectivity index (χ4n) is 0.564. The van der Waals surface area contributed by atoms with Gasteiger partial charge in [-0.1, -0.05) is 30.9 Å². The molecule has 0 radical (unpaired) electrons. The Morgan fingerprint density at radius 2 is 1.88 bits per heavy atom. The summed E-state index contributed by atoms with van der Waals surface area (Å²) in [5.41, 5.74) is 0.940. The van der Waals surface area contributed by atoms with Gasteiger partial charge in [-0.25, -0.2) is 0 Å². The van der Waals surface area contributed by atoms with Gasteiger partial charge in [-0.05, 0) is 5.57 Å². The quantitative estimate of drug-likeness (QED) is 0.491. The Hall–Kier alpha value is -0.820. The van der Waals surface area contributed by atoms with E-state index in [1.807, 2.05) is 0 Å². The minimum Gasteiger partial charge on any atom is -0.385 e. The molecule has 1 aliphatic rings. The number of aliphatic hydroxyl groups excluding tert-OH is 1. The SMILES string of the molecule is C=C1C=CC(O)C=C1. The highest BCUT2D eigenvalue weighted by molar-refractivity contribution is 5.33. The Balaban J connectivity index is 2.68. The first-order valence-corrected chi connectivity index (χ1v) is 2.52. The molecule has 0 saturated carbocycles. The first kappa shape index (κ1) is 5.32. The molecular formula is C7H8O. The van der Waals surface area contributed by atoms with E-state index in [0.29, 0.717) is 0 Å². The number of hydrogen-bond donors (Lipinski definition) is 1. The summed E-state index contributed by atoms with van der Waals surface area (Å²) < 4.78 is 0. The van der Waals surface area contributed by atoms with E-state index in [2.05, 4.69) is 6.58 Å². The number of rotatable bonds is 0. The van der Waals surface area contributed by atoms with Crippen molar-refractivity contribution in [1.29, 1.82) is 0 Å². The van der Waals surface area contributed by atoms with E-state index >= 15 is 0 Å². The second kappa shape index (κ2) is 1.97. The van der Waals surface area contributed by atoms with Gasteiger partial charge in [0.05, 0.1) is 6.10 Å². The van der Waals surface area contributed by atoms with E-state index in [0.717, 1.165) is 5.57 Å². The molecule has 0 aromatic carbocycles. The zero-order valence-electron chi connectivity index (χ0n) is 4.54. The maximum Gasteiger partial charge on any atom is 0.0909 e. The van der Waals surface area contributed by atoms with Gasteiger partial charge in [0.25, 0.3) is 0 Å². The molecule has 0 saturated heterocycles. The van der Waals surface area contributed by atoms with Crippen LogP contribution in [0.2, 0.25) is 0 Å². The van der Waals surface area contributed by atoms with Crippen LogP contribution in [0, 0.1) is 0 Å². The highest BCUT2D eigenvalue weighted by Crippen LogP contribution is 2.04. The molecule has 0 amide bonds. The van der Waals surface area contributed by atoms with Gasteiger partial charge in [0.2, 0.25) is 0 Å². The molecule has 1 N–H and O–H groups in total. The molecule has 0 heterocycles. The lowest BCUT2D eigenvalue weighted by atomic mass is 10.1. The maximum atomic E-state index is 8.81. The Kier molecular flexibility index (Phi) is 1.31. The average Bonchev–Trinajstić information content (AvgIpc) is 1.77. The molecule has 0 aromatic rings. The van der Waals surface area contributed by atoms with E-state index in [4.69, 9.17) is 5.11 Å². The van der Waals surface area contributed by atoms with Gasteiger partial charge in [0.1, 0.15) is 0 Å². The molecule has 0 bridgehead atoms. The molecule has 1 rings (SSSR count). The summed E-state index contributed by atoms with van der Waals surface area (Å²) in [7, 11) is 0. The van der Waals surface area contributed by atoms with Crippen molar-refractivity contribution in [2.75, 3.05) is 0 Å². The lowest BCUT2D eigenvalue weighted by molar-refractivity contribution is 0.270. The Morgan fingerprint density at radius 1 is 1.38 bits per heavy atom. The predicted octanol–water partition coefficient (Wildman–Crippen LogP) is 1.03. The van der Waals surface area contributed by atoms with Crippen LogP contribution in [-0.4, -0.2) is 11.2 Å². The van der Waals surface area contributed by atoms with Crippen molar-refractivity contribution in [3.63, 3.8) is 0 Å². The van der Waals surface area contributed by atoms with Gasteiger partial charge in [0.15, 0.2) is 0 Å². The van der Waals surface area contributed by atoms with Gasteiger partial charge >= 0.3 is 0 Å². The molecule has 42 valence electrons. The van der Waals surface area contributed by atoms with Crippen LogP contribution in [0.3, 0.4) is 0 Å². The van der Waals surface area contributed by atoms with Gasteiger partial charge < -0.3 is 5.11 Å². The molecule has 1 heteroatoms. The summed E-state index contributed by atoms with van der Waals surface area (Å²) in [5.74, 6) is 0. The molecule has 0 aliphatic heterocycles. The third-order valence-corrected chi connectivity index (χ3v) is 1.01. The fourth-order valence-corrected chi connectivity index (χ4v) is 0.564. The molecule has 1 nitrogen and oxygen atoms in total. The van der Waals surface area contributed by atoms with E-state index < -0.39 is 6.10 Å². The lowest BCUT2D eigenvalue weighted by Crippen LogP contribution is -1.98. The van der Waals surface area contributed by atoms with Crippen molar-refractivity contribution in [3.05, 3.63) is 36.5 Å². The van der Waals surface area contributed by atoms with Gasteiger partial charge in [0, 0.05) is 0 Å². The fraction of sp³-hybridized carbons (Fsp3) is 0.143. The second-order valence-corrected chi connectivity index (χ2v) is 1.78. The Labute approximate surface area is 48.6 Å².